The van der Waals surface area contributed by atoms with E-state index in [4.69, 9.17) is 0 Å². The normalized spacial score (nSPS) is 15.3. The lowest BCUT2D eigenvalue weighted by Gasteiger charge is -2.36. The zero-order chi connectivity index (χ0) is 17.7. The summed E-state index contributed by atoms with van der Waals surface area (Å²) in [5, 5.41) is 9.78. The largest absolute Gasteiger partial charge is 0.352 e. The van der Waals surface area contributed by atoms with Crippen molar-refractivity contribution in [2.75, 3.05) is 36.0 Å². The third-order valence-corrected chi connectivity index (χ3v) is 4.88. The first-order valence-electron chi connectivity index (χ1n) is 8.64. The van der Waals surface area contributed by atoms with Gasteiger partial charge in [0.25, 0.3) is 0 Å². The van der Waals surface area contributed by atoms with Crippen molar-refractivity contribution in [3.63, 3.8) is 0 Å². The molecular weight excluding hydrogens is 330 g/mol. The smallest absolute Gasteiger partial charge is 0.163 e. The average molecular weight is 349 g/mol. The third-order valence-electron chi connectivity index (χ3n) is 4.88. The van der Waals surface area contributed by atoms with Gasteiger partial charge in [-0.15, -0.1) is 0 Å². The molecule has 0 saturated carbocycles. The maximum absolute atomic E-state index is 4.60. The summed E-state index contributed by atoms with van der Waals surface area (Å²) >= 11 is 0. The van der Waals surface area contributed by atoms with Gasteiger partial charge in [-0.05, 0) is 13.0 Å². The number of fused-ring (bicyclic) bond motifs is 2. The minimum Gasteiger partial charge on any atom is -0.352 e. The maximum atomic E-state index is 4.60. The molecule has 5 heterocycles. The number of anilines is 2. The van der Waals surface area contributed by atoms with E-state index >= 15 is 0 Å². The fraction of sp³-hybridized carbons (Fsp3) is 0.353. The van der Waals surface area contributed by atoms with Crippen LogP contribution in [0.15, 0.2) is 31.0 Å². The monoisotopic (exact) mass is 349 g/mol. The summed E-state index contributed by atoms with van der Waals surface area (Å²) in [6, 6.07) is 2.08. The highest BCUT2D eigenvalue weighted by molar-refractivity contribution is 5.86. The van der Waals surface area contributed by atoms with Crippen molar-refractivity contribution < 1.29 is 0 Å². The number of aromatic nitrogens is 7. The van der Waals surface area contributed by atoms with Gasteiger partial charge in [-0.1, -0.05) is 0 Å². The number of rotatable bonds is 2. The van der Waals surface area contributed by atoms with E-state index in [0.717, 1.165) is 60.1 Å². The second-order valence-electron chi connectivity index (χ2n) is 6.54. The molecule has 4 aromatic rings. The Morgan fingerprint density at radius 2 is 1.73 bits per heavy atom. The summed E-state index contributed by atoms with van der Waals surface area (Å²) in [6.07, 6.45) is 7.16. The van der Waals surface area contributed by atoms with Crippen LogP contribution in [0.25, 0.3) is 16.6 Å². The lowest BCUT2D eigenvalue weighted by Crippen LogP contribution is -2.47. The molecule has 0 N–H and O–H groups in total. The van der Waals surface area contributed by atoms with Gasteiger partial charge in [-0.2, -0.15) is 10.2 Å². The van der Waals surface area contributed by atoms with Crippen molar-refractivity contribution in [1.29, 1.82) is 0 Å². The molecule has 26 heavy (non-hydrogen) atoms. The van der Waals surface area contributed by atoms with Gasteiger partial charge in [0, 0.05) is 45.6 Å². The number of hydrogen-bond acceptors (Lipinski definition) is 7. The first kappa shape index (κ1) is 15.1. The number of hydrogen-bond donors (Lipinski definition) is 0. The fourth-order valence-corrected chi connectivity index (χ4v) is 3.61. The fourth-order valence-electron chi connectivity index (χ4n) is 3.61. The van der Waals surface area contributed by atoms with Crippen molar-refractivity contribution in [1.82, 2.24) is 34.3 Å². The van der Waals surface area contributed by atoms with Crippen LogP contribution in [-0.4, -0.2) is 60.5 Å². The summed E-state index contributed by atoms with van der Waals surface area (Å²) in [5.41, 5.74) is 2.91. The molecule has 1 saturated heterocycles. The van der Waals surface area contributed by atoms with E-state index in [1.807, 2.05) is 37.1 Å². The summed E-state index contributed by atoms with van der Waals surface area (Å²) in [5.74, 6) is 1.94. The summed E-state index contributed by atoms with van der Waals surface area (Å²) < 4.78 is 3.68. The van der Waals surface area contributed by atoms with Crippen LogP contribution in [-0.2, 0) is 7.05 Å². The molecule has 1 fully saturated rings. The molecule has 0 bridgehead atoms. The molecule has 9 nitrogen and oxygen atoms in total. The summed E-state index contributed by atoms with van der Waals surface area (Å²) in [6.45, 7) is 5.50. The SMILES string of the molecule is Cc1cc2c(N3CCN(c4ncnc5c4cnn5C)CC3)nccn2n1. The number of piperazine rings is 1. The van der Waals surface area contributed by atoms with Crippen molar-refractivity contribution >= 4 is 28.2 Å². The second-order valence-corrected chi connectivity index (χ2v) is 6.54. The molecule has 132 valence electrons. The predicted molar refractivity (Wildman–Crippen MR) is 98.5 cm³/mol. The maximum Gasteiger partial charge on any atom is 0.163 e. The van der Waals surface area contributed by atoms with E-state index < -0.39 is 0 Å². The van der Waals surface area contributed by atoms with Crippen LogP contribution >= 0.6 is 0 Å². The van der Waals surface area contributed by atoms with Gasteiger partial charge in [0.1, 0.15) is 17.7 Å². The van der Waals surface area contributed by atoms with Crippen LogP contribution < -0.4 is 9.80 Å². The van der Waals surface area contributed by atoms with E-state index in [2.05, 4.69) is 41.0 Å². The molecule has 0 aromatic carbocycles. The molecule has 0 amide bonds. The summed E-state index contributed by atoms with van der Waals surface area (Å²) in [7, 11) is 1.90. The Kier molecular flexibility index (Phi) is 3.27. The lowest BCUT2D eigenvalue weighted by atomic mass is 10.2. The molecule has 5 rings (SSSR count). The van der Waals surface area contributed by atoms with Gasteiger partial charge < -0.3 is 9.80 Å². The Morgan fingerprint density at radius 3 is 2.54 bits per heavy atom. The third kappa shape index (κ3) is 2.27. The highest BCUT2D eigenvalue weighted by Gasteiger charge is 2.23. The van der Waals surface area contributed by atoms with Crippen LogP contribution in [0.2, 0.25) is 0 Å². The highest BCUT2D eigenvalue weighted by atomic mass is 15.3. The topological polar surface area (TPSA) is 80.3 Å². The van der Waals surface area contributed by atoms with Gasteiger partial charge in [0.05, 0.1) is 17.3 Å². The second kappa shape index (κ2) is 5.65. The molecule has 0 radical (unpaired) electrons. The van der Waals surface area contributed by atoms with E-state index in [-0.39, 0.29) is 0 Å². The van der Waals surface area contributed by atoms with Crippen LogP contribution in [0.1, 0.15) is 5.69 Å². The van der Waals surface area contributed by atoms with E-state index in [1.165, 1.54) is 0 Å². The van der Waals surface area contributed by atoms with Crippen LogP contribution in [0.3, 0.4) is 0 Å². The average Bonchev–Trinajstić information content (AvgIpc) is 3.23. The molecule has 0 unspecified atom stereocenters. The molecule has 0 spiro atoms. The lowest BCUT2D eigenvalue weighted by molar-refractivity contribution is 0.643. The Balaban J connectivity index is 1.42. The van der Waals surface area contributed by atoms with Crippen LogP contribution in [0, 0.1) is 6.92 Å². The van der Waals surface area contributed by atoms with Crippen LogP contribution in [0.4, 0.5) is 11.6 Å². The molecule has 4 aromatic heterocycles. The first-order chi connectivity index (χ1) is 12.7. The molecule has 0 atom stereocenters. The quantitative estimate of drug-likeness (QED) is 0.535. The number of aryl methyl sites for hydroxylation is 2. The Hall–Kier alpha value is -3.23. The van der Waals surface area contributed by atoms with Gasteiger partial charge >= 0.3 is 0 Å². The summed E-state index contributed by atoms with van der Waals surface area (Å²) in [4.78, 5) is 18.0. The Bertz CT molecular complexity index is 1070. The van der Waals surface area contributed by atoms with Crippen LogP contribution in [0.5, 0.6) is 0 Å². The van der Waals surface area contributed by atoms with Gasteiger partial charge in [-0.3, -0.25) is 4.68 Å². The molecule has 1 aliphatic heterocycles. The zero-order valence-electron chi connectivity index (χ0n) is 14.7. The number of nitrogens with zero attached hydrogens (tertiary/aromatic N) is 9. The van der Waals surface area contributed by atoms with E-state index in [1.54, 1.807) is 11.0 Å². The van der Waals surface area contributed by atoms with Crippen molar-refractivity contribution in [2.24, 2.45) is 7.05 Å². The van der Waals surface area contributed by atoms with Crippen molar-refractivity contribution in [3.05, 3.63) is 36.7 Å². The van der Waals surface area contributed by atoms with Gasteiger partial charge in [0.15, 0.2) is 11.5 Å². The zero-order valence-corrected chi connectivity index (χ0v) is 14.7. The predicted octanol–water partition coefficient (Wildman–Crippen LogP) is 1.04. The van der Waals surface area contributed by atoms with E-state index in [9.17, 15) is 0 Å². The standard InChI is InChI=1S/C17H19N9/c1-12-9-14-17(18-3-4-26(14)22-12)25-7-5-24(6-8-25)16-13-10-21-23(2)15(13)19-11-20-16/h3-4,9-11H,5-8H2,1-2H3. The Morgan fingerprint density at radius 1 is 0.962 bits per heavy atom. The van der Waals surface area contributed by atoms with E-state index in [0.29, 0.717) is 0 Å². The van der Waals surface area contributed by atoms with Crippen molar-refractivity contribution in [3.8, 4) is 0 Å². The molecule has 0 aliphatic carbocycles. The van der Waals surface area contributed by atoms with Gasteiger partial charge in [-0.25, -0.2) is 19.5 Å². The highest BCUT2D eigenvalue weighted by Crippen LogP contribution is 2.25. The molecular formula is C17H19N9. The Labute approximate surface area is 149 Å². The minimum atomic E-state index is 0.860. The molecule has 9 heteroatoms. The minimum absolute atomic E-state index is 0.860. The van der Waals surface area contributed by atoms with Crippen molar-refractivity contribution in [2.45, 2.75) is 6.92 Å². The first-order valence-corrected chi connectivity index (χ1v) is 8.64. The molecule has 1 aliphatic rings. The van der Waals surface area contributed by atoms with Gasteiger partial charge in [0.2, 0.25) is 0 Å².